The zero-order chi connectivity index (χ0) is 10.3. The van der Waals surface area contributed by atoms with E-state index in [0.717, 1.165) is 0 Å². The molecule has 0 atom stereocenters. The molecule has 0 radical (unpaired) electrons. The van der Waals surface area contributed by atoms with E-state index in [1.165, 1.54) is 19.3 Å². The molecule has 0 heterocycles. The van der Waals surface area contributed by atoms with Crippen LogP contribution < -0.4 is 5.43 Å². The van der Waals surface area contributed by atoms with Crippen molar-refractivity contribution in [3.63, 3.8) is 0 Å². The Kier molecular flexibility index (Phi) is 5.27. The van der Waals surface area contributed by atoms with Crippen molar-refractivity contribution in [1.29, 1.82) is 0 Å². The van der Waals surface area contributed by atoms with Crippen LogP contribution in [0, 0.1) is 0 Å². The van der Waals surface area contributed by atoms with E-state index in [4.69, 9.17) is 4.74 Å². The van der Waals surface area contributed by atoms with Gasteiger partial charge in [-0.3, -0.25) is 0 Å². The van der Waals surface area contributed by atoms with Crippen LogP contribution in [0.1, 0.15) is 0 Å². The first-order valence-electron chi connectivity index (χ1n) is 3.63. The van der Waals surface area contributed by atoms with Crippen molar-refractivity contribution in [3.8, 4) is 0 Å². The van der Waals surface area contributed by atoms with Crippen molar-refractivity contribution in [1.82, 2.24) is 5.43 Å². The number of halogens is 1. The van der Waals surface area contributed by atoms with Gasteiger partial charge in [0, 0.05) is 12.6 Å². The summed E-state index contributed by atoms with van der Waals surface area (Å²) in [6.07, 6.45) is 2.62. The van der Waals surface area contributed by atoms with E-state index < -0.39 is 5.83 Å². The monoisotopic (exact) mass is 184 g/mol. The van der Waals surface area contributed by atoms with E-state index in [0.29, 0.717) is 5.57 Å². The Morgan fingerprint density at radius 3 is 2.54 bits per heavy atom. The zero-order valence-electron chi connectivity index (χ0n) is 7.80. The highest BCUT2D eigenvalue weighted by Gasteiger charge is 2.03. The summed E-state index contributed by atoms with van der Waals surface area (Å²) in [7, 11) is 3.05. The van der Waals surface area contributed by atoms with Crippen molar-refractivity contribution in [3.05, 3.63) is 36.7 Å². The molecule has 0 rings (SSSR count). The minimum absolute atomic E-state index is 0.260. The molecular weight excluding hydrogens is 171 g/mol. The minimum atomic E-state index is -0.573. The molecule has 0 aliphatic carbocycles. The van der Waals surface area contributed by atoms with E-state index in [1.807, 2.05) is 0 Å². The molecule has 0 unspecified atom stereocenters. The lowest BCUT2D eigenvalue weighted by atomic mass is 10.2. The van der Waals surface area contributed by atoms with Gasteiger partial charge in [-0.1, -0.05) is 19.2 Å². The van der Waals surface area contributed by atoms with Gasteiger partial charge in [0.05, 0.1) is 7.11 Å². The SMILES string of the molecule is C=CC(=C\C(=C)F)/C(=N/NC)OC. The van der Waals surface area contributed by atoms with Crippen LogP contribution in [0.5, 0.6) is 0 Å². The number of nitrogens with one attached hydrogen (secondary N) is 1. The fourth-order valence-corrected chi connectivity index (χ4v) is 0.706. The molecule has 0 saturated heterocycles. The number of hydrogen-bond donors (Lipinski definition) is 1. The molecule has 3 nitrogen and oxygen atoms in total. The summed E-state index contributed by atoms with van der Waals surface area (Å²) in [5.74, 6) is -0.313. The first-order chi connectivity index (χ1) is 6.15. The maximum absolute atomic E-state index is 12.4. The summed E-state index contributed by atoms with van der Waals surface area (Å²) in [6, 6.07) is 0. The van der Waals surface area contributed by atoms with Gasteiger partial charge in [-0.15, -0.1) is 5.10 Å². The van der Waals surface area contributed by atoms with Gasteiger partial charge in [-0.05, 0) is 6.08 Å². The highest BCUT2D eigenvalue weighted by atomic mass is 19.1. The fourth-order valence-electron chi connectivity index (χ4n) is 0.706. The average Bonchev–Trinajstić information content (AvgIpc) is 2.10. The van der Waals surface area contributed by atoms with Crippen molar-refractivity contribution in [2.24, 2.45) is 5.10 Å². The van der Waals surface area contributed by atoms with Crippen LogP contribution in [0.25, 0.3) is 0 Å². The van der Waals surface area contributed by atoms with Gasteiger partial charge in [0.2, 0.25) is 5.90 Å². The largest absolute Gasteiger partial charge is 0.480 e. The van der Waals surface area contributed by atoms with Crippen LogP contribution in [0.15, 0.2) is 41.8 Å². The number of nitrogens with zero attached hydrogens (tertiary/aromatic N) is 1. The van der Waals surface area contributed by atoms with Gasteiger partial charge in [0.25, 0.3) is 0 Å². The molecule has 1 N–H and O–H groups in total. The molecular formula is C9H13FN2O. The second-order valence-corrected chi connectivity index (χ2v) is 2.10. The summed E-state index contributed by atoms with van der Waals surface area (Å²) < 4.78 is 17.3. The zero-order valence-corrected chi connectivity index (χ0v) is 7.80. The number of rotatable bonds is 4. The molecule has 13 heavy (non-hydrogen) atoms. The van der Waals surface area contributed by atoms with Crippen LogP contribution in [-0.2, 0) is 4.74 Å². The maximum atomic E-state index is 12.4. The Morgan fingerprint density at radius 1 is 1.62 bits per heavy atom. The lowest BCUT2D eigenvalue weighted by Crippen LogP contribution is -2.09. The second kappa shape index (κ2) is 5.99. The lowest BCUT2D eigenvalue weighted by Gasteiger charge is -2.04. The van der Waals surface area contributed by atoms with Gasteiger partial charge < -0.3 is 10.2 Å². The first-order valence-corrected chi connectivity index (χ1v) is 3.63. The van der Waals surface area contributed by atoms with E-state index in [9.17, 15) is 4.39 Å². The summed E-state index contributed by atoms with van der Waals surface area (Å²) in [5, 5.41) is 3.76. The molecule has 0 aliphatic heterocycles. The molecule has 0 amide bonds. The Balaban J connectivity index is 4.83. The third-order valence-corrected chi connectivity index (χ3v) is 1.19. The molecule has 0 saturated carbocycles. The molecule has 0 aliphatic rings. The normalized spacial score (nSPS) is 12.2. The van der Waals surface area contributed by atoms with Crippen LogP contribution in [0.4, 0.5) is 4.39 Å². The van der Waals surface area contributed by atoms with Crippen molar-refractivity contribution in [2.75, 3.05) is 14.2 Å². The molecule has 4 heteroatoms. The Bertz CT molecular complexity index is 256. The molecule has 0 bridgehead atoms. The quantitative estimate of drug-likeness (QED) is 0.312. The van der Waals surface area contributed by atoms with E-state index in [2.05, 4.69) is 23.7 Å². The molecule has 0 aromatic rings. The van der Waals surface area contributed by atoms with Crippen LogP contribution >= 0.6 is 0 Å². The predicted molar refractivity (Wildman–Crippen MR) is 52.0 cm³/mol. The number of methoxy groups -OCH3 is 1. The third-order valence-electron chi connectivity index (χ3n) is 1.19. The van der Waals surface area contributed by atoms with Gasteiger partial charge in [-0.2, -0.15) is 0 Å². The fraction of sp³-hybridized carbons (Fsp3) is 0.222. The van der Waals surface area contributed by atoms with Gasteiger partial charge in [0.1, 0.15) is 5.83 Å². The molecule has 0 spiro atoms. The van der Waals surface area contributed by atoms with Crippen LogP contribution in [0.3, 0.4) is 0 Å². The lowest BCUT2D eigenvalue weighted by molar-refractivity contribution is 0.399. The highest BCUT2D eigenvalue weighted by molar-refractivity contribution is 5.96. The molecule has 0 fully saturated rings. The summed E-state index contributed by atoms with van der Waals surface area (Å²) in [4.78, 5) is 0. The standard InChI is InChI=1S/C9H13FN2O/c1-5-8(6-7(2)10)9(13-4)12-11-3/h5-6,11H,1-2H2,3-4H3/b8-6+,12-9-. The van der Waals surface area contributed by atoms with E-state index in [1.54, 1.807) is 7.05 Å². The van der Waals surface area contributed by atoms with Gasteiger partial charge in [-0.25, -0.2) is 4.39 Å². The van der Waals surface area contributed by atoms with Gasteiger partial charge in [0.15, 0.2) is 0 Å². The third kappa shape index (κ3) is 4.10. The molecule has 72 valence electrons. The van der Waals surface area contributed by atoms with Crippen molar-refractivity contribution < 1.29 is 9.13 Å². The van der Waals surface area contributed by atoms with E-state index >= 15 is 0 Å². The average molecular weight is 184 g/mol. The van der Waals surface area contributed by atoms with Gasteiger partial charge >= 0.3 is 0 Å². The molecule has 0 aromatic carbocycles. The maximum Gasteiger partial charge on any atom is 0.237 e. The minimum Gasteiger partial charge on any atom is -0.480 e. The Morgan fingerprint density at radius 2 is 2.23 bits per heavy atom. The second-order valence-electron chi connectivity index (χ2n) is 2.10. The highest BCUT2D eigenvalue weighted by Crippen LogP contribution is 2.05. The number of hydrogen-bond acceptors (Lipinski definition) is 3. The van der Waals surface area contributed by atoms with Crippen molar-refractivity contribution in [2.45, 2.75) is 0 Å². The number of hydrazone groups is 1. The topological polar surface area (TPSA) is 33.6 Å². The number of allylic oxidation sites excluding steroid dienone is 2. The van der Waals surface area contributed by atoms with Crippen LogP contribution in [0.2, 0.25) is 0 Å². The Hall–Kier alpha value is -1.58. The number of ether oxygens (including phenoxy) is 1. The van der Waals surface area contributed by atoms with E-state index in [-0.39, 0.29) is 5.90 Å². The Labute approximate surface area is 77.3 Å². The first kappa shape index (κ1) is 11.4. The smallest absolute Gasteiger partial charge is 0.237 e. The van der Waals surface area contributed by atoms with Crippen LogP contribution in [-0.4, -0.2) is 20.1 Å². The summed E-state index contributed by atoms with van der Waals surface area (Å²) in [6.45, 7) is 6.60. The molecule has 0 aromatic heterocycles. The summed E-state index contributed by atoms with van der Waals surface area (Å²) in [5.41, 5.74) is 2.96. The predicted octanol–water partition coefficient (Wildman–Crippen LogP) is 1.76. The van der Waals surface area contributed by atoms with Crippen molar-refractivity contribution >= 4 is 5.90 Å². The summed E-state index contributed by atoms with van der Waals surface area (Å²) >= 11 is 0.